The molecule has 1 aromatic heterocycles. The maximum absolute atomic E-state index is 12.1. The van der Waals surface area contributed by atoms with Gasteiger partial charge in [-0.3, -0.25) is 4.79 Å². The van der Waals surface area contributed by atoms with Crippen molar-refractivity contribution < 1.29 is 9.53 Å². The third-order valence-electron chi connectivity index (χ3n) is 4.75. The maximum Gasteiger partial charge on any atom is 0.306 e. The van der Waals surface area contributed by atoms with Crippen LogP contribution in [0.15, 0.2) is 11.4 Å². The van der Waals surface area contributed by atoms with Gasteiger partial charge in [0.05, 0.1) is 0 Å². The lowest BCUT2D eigenvalue weighted by molar-refractivity contribution is -0.150. The molecule has 0 amide bonds. The van der Waals surface area contributed by atoms with E-state index in [9.17, 15) is 4.79 Å². The zero-order chi connectivity index (χ0) is 19.4. The van der Waals surface area contributed by atoms with Crippen LogP contribution in [0.25, 0.3) is 0 Å². The molecule has 0 fully saturated rings. The number of nitrogens with one attached hydrogen (secondary N) is 1. The molecule has 3 nitrogen and oxygen atoms in total. The molecule has 1 aromatic rings. The molecular formula is C22H40ClNO2S. The van der Waals surface area contributed by atoms with E-state index in [2.05, 4.69) is 44.5 Å². The van der Waals surface area contributed by atoms with Crippen LogP contribution in [0.1, 0.15) is 108 Å². The molecule has 0 aliphatic heterocycles. The summed E-state index contributed by atoms with van der Waals surface area (Å²) in [6.07, 6.45) is 8.89. The van der Waals surface area contributed by atoms with Gasteiger partial charge in [-0.05, 0) is 49.2 Å². The van der Waals surface area contributed by atoms with Crippen LogP contribution in [0.3, 0.4) is 0 Å². The van der Waals surface area contributed by atoms with E-state index < -0.39 is 0 Å². The van der Waals surface area contributed by atoms with Crippen molar-refractivity contribution >= 4 is 29.7 Å². The molecule has 27 heavy (non-hydrogen) atoms. The van der Waals surface area contributed by atoms with E-state index in [4.69, 9.17) is 4.74 Å². The summed E-state index contributed by atoms with van der Waals surface area (Å²) in [5, 5.41) is 5.78. The summed E-state index contributed by atoms with van der Waals surface area (Å²) in [7, 11) is 0. The molecule has 0 saturated heterocycles. The monoisotopic (exact) mass is 417 g/mol. The van der Waals surface area contributed by atoms with E-state index in [1.165, 1.54) is 44.1 Å². The van der Waals surface area contributed by atoms with E-state index in [0.29, 0.717) is 12.3 Å². The summed E-state index contributed by atoms with van der Waals surface area (Å²) >= 11 is 1.71. The number of hydrogen-bond acceptors (Lipinski definition) is 4. The van der Waals surface area contributed by atoms with Gasteiger partial charge in [-0.15, -0.1) is 23.7 Å². The highest BCUT2D eigenvalue weighted by atomic mass is 35.5. The van der Waals surface area contributed by atoms with Gasteiger partial charge in [0.15, 0.2) is 6.10 Å². The van der Waals surface area contributed by atoms with Crippen molar-refractivity contribution in [3.63, 3.8) is 0 Å². The lowest BCUT2D eigenvalue weighted by Gasteiger charge is -2.24. The minimum absolute atomic E-state index is 0. The highest BCUT2D eigenvalue weighted by Gasteiger charge is 2.25. The standard InChI is InChI=1S/C22H39NO2S.ClH/c1-6-8-9-10-11-12-14-23-18(5)22(25-21(24)13-7-2)20-15-19(16-26-20)17(3)4;/h15-18,22-23H,6-14H2,1-5H3;1H. The number of hydrogen-bond donors (Lipinski definition) is 1. The highest BCUT2D eigenvalue weighted by Crippen LogP contribution is 2.31. The first-order chi connectivity index (χ1) is 12.5. The van der Waals surface area contributed by atoms with Crippen LogP contribution in [-0.2, 0) is 9.53 Å². The quantitative estimate of drug-likeness (QED) is 0.261. The van der Waals surface area contributed by atoms with Crippen LogP contribution >= 0.6 is 23.7 Å². The molecule has 0 aromatic carbocycles. The number of carbonyl (C=O) groups excluding carboxylic acids is 1. The fourth-order valence-corrected chi connectivity index (χ4v) is 4.18. The Kier molecular flexibility index (Phi) is 15.0. The lowest BCUT2D eigenvalue weighted by Crippen LogP contribution is -2.35. The maximum atomic E-state index is 12.1. The molecule has 0 radical (unpaired) electrons. The Morgan fingerprint density at radius 2 is 1.74 bits per heavy atom. The zero-order valence-electron chi connectivity index (χ0n) is 17.9. The third kappa shape index (κ3) is 10.5. The SMILES string of the molecule is CCCCCCCCNC(C)C(OC(=O)CCC)c1cc(C(C)C)cs1.Cl. The summed E-state index contributed by atoms with van der Waals surface area (Å²) in [5.74, 6) is 0.406. The molecule has 2 atom stereocenters. The molecule has 0 bridgehead atoms. The number of ether oxygens (including phenoxy) is 1. The predicted octanol–water partition coefficient (Wildman–Crippen LogP) is 7.02. The first kappa shape index (κ1) is 26.4. The van der Waals surface area contributed by atoms with Crippen molar-refractivity contribution in [3.8, 4) is 0 Å². The largest absolute Gasteiger partial charge is 0.455 e. The van der Waals surface area contributed by atoms with Crippen LogP contribution in [0, 0.1) is 0 Å². The van der Waals surface area contributed by atoms with Crippen molar-refractivity contribution in [2.24, 2.45) is 0 Å². The normalized spacial score (nSPS) is 13.3. The first-order valence-corrected chi connectivity index (χ1v) is 11.4. The van der Waals surface area contributed by atoms with Crippen LogP contribution in [-0.4, -0.2) is 18.6 Å². The molecular weight excluding hydrogens is 378 g/mol. The highest BCUT2D eigenvalue weighted by molar-refractivity contribution is 7.10. The van der Waals surface area contributed by atoms with Gasteiger partial charge in [-0.1, -0.05) is 59.8 Å². The summed E-state index contributed by atoms with van der Waals surface area (Å²) in [5.41, 5.74) is 1.32. The fourth-order valence-electron chi connectivity index (χ4n) is 2.97. The molecule has 5 heteroatoms. The van der Waals surface area contributed by atoms with Gasteiger partial charge in [-0.25, -0.2) is 0 Å². The molecule has 2 unspecified atom stereocenters. The molecule has 0 spiro atoms. The van der Waals surface area contributed by atoms with Crippen molar-refractivity contribution in [3.05, 3.63) is 21.9 Å². The smallest absolute Gasteiger partial charge is 0.306 e. The Morgan fingerprint density at radius 3 is 2.33 bits per heavy atom. The van der Waals surface area contributed by atoms with Crippen molar-refractivity contribution in [2.45, 2.75) is 104 Å². The molecule has 1 N–H and O–H groups in total. The Bertz CT molecular complexity index is 504. The molecule has 0 saturated carbocycles. The number of esters is 1. The average Bonchev–Trinajstić information content (AvgIpc) is 3.09. The van der Waals surface area contributed by atoms with Gasteiger partial charge >= 0.3 is 5.97 Å². The second-order valence-corrected chi connectivity index (χ2v) is 8.55. The van der Waals surface area contributed by atoms with Crippen LogP contribution in [0.5, 0.6) is 0 Å². The van der Waals surface area contributed by atoms with Crippen LogP contribution < -0.4 is 5.32 Å². The summed E-state index contributed by atoms with van der Waals surface area (Å²) in [6.45, 7) is 11.8. The predicted molar refractivity (Wildman–Crippen MR) is 120 cm³/mol. The molecule has 1 rings (SSSR count). The van der Waals surface area contributed by atoms with E-state index in [-0.39, 0.29) is 30.5 Å². The molecule has 0 aliphatic carbocycles. The van der Waals surface area contributed by atoms with Gasteiger partial charge in [0, 0.05) is 17.3 Å². The summed E-state index contributed by atoms with van der Waals surface area (Å²) in [4.78, 5) is 13.3. The number of halogens is 1. The van der Waals surface area contributed by atoms with Gasteiger partial charge in [-0.2, -0.15) is 0 Å². The molecule has 0 aliphatic rings. The molecule has 158 valence electrons. The average molecular weight is 418 g/mol. The Hall–Kier alpha value is -0.580. The van der Waals surface area contributed by atoms with Gasteiger partial charge < -0.3 is 10.1 Å². The topological polar surface area (TPSA) is 38.3 Å². The molecule has 1 heterocycles. The minimum Gasteiger partial charge on any atom is -0.455 e. The second kappa shape index (κ2) is 15.4. The van der Waals surface area contributed by atoms with Crippen molar-refractivity contribution in [1.82, 2.24) is 5.32 Å². The Balaban J connectivity index is 0.00000676. The summed E-state index contributed by atoms with van der Waals surface area (Å²) in [6, 6.07) is 2.34. The van der Waals surface area contributed by atoms with Crippen LogP contribution in [0.4, 0.5) is 0 Å². The summed E-state index contributed by atoms with van der Waals surface area (Å²) < 4.78 is 5.85. The Labute approximate surface area is 177 Å². The van der Waals surface area contributed by atoms with Crippen molar-refractivity contribution in [2.75, 3.05) is 6.54 Å². The Morgan fingerprint density at radius 1 is 1.07 bits per heavy atom. The van der Waals surface area contributed by atoms with E-state index >= 15 is 0 Å². The zero-order valence-corrected chi connectivity index (χ0v) is 19.5. The van der Waals surface area contributed by atoms with E-state index in [1.54, 1.807) is 11.3 Å². The first-order valence-electron chi connectivity index (χ1n) is 10.5. The fraction of sp³-hybridized carbons (Fsp3) is 0.773. The van der Waals surface area contributed by atoms with Gasteiger partial charge in [0.25, 0.3) is 0 Å². The number of unbranched alkanes of at least 4 members (excludes halogenated alkanes) is 5. The number of thiophene rings is 1. The lowest BCUT2D eigenvalue weighted by atomic mass is 10.0. The van der Waals surface area contributed by atoms with E-state index in [1.807, 2.05) is 6.92 Å². The van der Waals surface area contributed by atoms with Gasteiger partial charge in [0.2, 0.25) is 0 Å². The second-order valence-electron chi connectivity index (χ2n) is 7.61. The minimum atomic E-state index is -0.188. The van der Waals surface area contributed by atoms with Crippen LogP contribution in [0.2, 0.25) is 0 Å². The van der Waals surface area contributed by atoms with Gasteiger partial charge in [0.1, 0.15) is 0 Å². The number of carbonyl (C=O) groups is 1. The van der Waals surface area contributed by atoms with Crippen molar-refractivity contribution in [1.29, 1.82) is 0 Å². The van der Waals surface area contributed by atoms with E-state index in [0.717, 1.165) is 17.8 Å². The third-order valence-corrected chi connectivity index (χ3v) is 5.76. The number of rotatable bonds is 14.